The van der Waals surface area contributed by atoms with E-state index in [0.717, 1.165) is 18.7 Å². The number of ether oxygens (including phenoxy) is 1. The molecule has 88 valence electrons. The Bertz CT molecular complexity index is 369. The smallest absolute Gasteiger partial charge is 0.126 e. The molecule has 0 saturated carbocycles. The Balaban J connectivity index is 2.11. The zero-order chi connectivity index (χ0) is 11.6. The van der Waals surface area contributed by atoms with Gasteiger partial charge in [0.25, 0.3) is 0 Å². The maximum Gasteiger partial charge on any atom is 0.126 e. The van der Waals surface area contributed by atoms with E-state index in [-0.39, 0.29) is 17.5 Å². The second-order valence-electron chi connectivity index (χ2n) is 4.78. The van der Waals surface area contributed by atoms with Crippen LogP contribution in [0.1, 0.15) is 19.4 Å². The summed E-state index contributed by atoms with van der Waals surface area (Å²) in [6, 6.07) is 6.90. The third-order valence-corrected chi connectivity index (χ3v) is 2.94. The highest BCUT2D eigenvalue weighted by Gasteiger charge is 2.31. The Hall–Kier alpha value is -0.930. The molecule has 0 amide bonds. The SMILES string of the molecule is CC1CNCC(C)(Cc2ccccc2F)O1. The van der Waals surface area contributed by atoms with Gasteiger partial charge in [0, 0.05) is 19.5 Å². The minimum Gasteiger partial charge on any atom is -0.369 e. The van der Waals surface area contributed by atoms with Crippen LogP contribution in [-0.4, -0.2) is 24.8 Å². The molecule has 1 heterocycles. The van der Waals surface area contributed by atoms with Crippen molar-refractivity contribution >= 4 is 0 Å². The molecule has 1 aliphatic rings. The van der Waals surface area contributed by atoms with Crippen molar-refractivity contribution in [1.29, 1.82) is 0 Å². The first-order valence-electron chi connectivity index (χ1n) is 5.71. The van der Waals surface area contributed by atoms with E-state index in [0.29, 0.717) is 6.42 Å². The van der Waals surface area contributed by atoms with E-state index in [1.807, 2.05) is 26.0 Å². The van der Waals surface area contributed by atoms with Crippen LogP contribution in [0.15, 0.2) is 24.3 Å². The van der Waals surface area contributed by atoms with Gasteiger partial charge in [-0.2, -0.15) is 0 Å². The average molecular weight is 223 g/mol. The molecule has 1 saturated heterocycles. The van der Waals surface area contributed by atoms with Gasteiger partial charge in [-0.25, -0.2) is 4.39 Å². The number of morpholine rings is 1. The molecule has 0 aliphatic carbocycles. The van der Waals surface area contributed by atoms with Crippen LogP contribution in [0.3, 0.4) is 0 Å². The van der Waals surface area contributed by atoms with E-state index < -0.39 is 0 Å². The molecule has 0 aromatic heterocycles. The summed E-state index contributed by atoms with van der Waals surface area (Å²) in [5.74, 6) is -0.148. The predicted octanol–water partition coefficient (Wildman–Crippen LogP) is 2.14. The van der Waals surface area contributed by atoms with Crippen LogP contribution in [0.4, 0.5) is 4.39 Å². The summed E-state index contributed by atoms with van der Waals surface area (Å²) < 4.78 is 19.4. The Morgan fingerprint density at radius 1 is 1.50 bits per heavy atom. The second kappa shape index (κ2) is 4.52. The van der Waals surface area contributed by atoms with Crippen LogP contribution in [0.2, 0.25) is 0 Å². The van der Waals surface area contributed by atoms with Crippen LogP contribution in [0, 0.1) is 5.82 Å². The number of hydrogen-bond acceptors (Lipinski definition) is 2. The van der Waals surface area contributed by atoms with Crippen molar-refractivity contribution < 1.29 is 9.13 Å². The zero-order valence-electron chi connectivity index (χ0n) is 9.79. The lowest BCUT2D eigenvalue weighted by Crippen LogP contribution is -2.52. The molecule has 1 fully saturated rings. The van der Waals surface area contributed by atoms with Crippen molar-refractivity contribution in [2.24, 2.45) is 0 Å². The van der Waals surface area contributed by atoms with Crippen molar-refractivity contribution in [1.82, 2.24) is 5.32 Å². The van der Waals surface area contributed by atoms with E-state index in [4.69, 9.17) is 4.74 Å². The third kappa shape index (κ3) is 2.60. The van der Waals surface area contributed by atoms with Gasteiger partial charge in [0.05, 0.1) is 11.7 Å². The second-order valence-corrected chi connectivity index (χ2v) is 4.78. The molecule has 1 aromatic rings. The Labute approximate surface area is 95.8 Å². The molecule has 2 rings (SSSR count). The molecule has 1 aliphatic heterocycles. The van der Waals surface area contributed by atoms with Gasteiger partial charge < -0.3 is 10.1 Å². The van der Waals surface area contributed by atoms with Crippen LogP contribution >= 0.6 is 0 Å². The molecule has 0 spiro atoms. The van der Waals surface area contributed by atoms with Crippen molar-refractivity contribution in [3.8, 4) is 0 Å². The summed E-state index contributed by atoms with van der Waals surface area (Å²) in [5, 5.41) is 3.32. The third-order valence-electron chi connectivity index (χ3n) is 2.94. The number of hydrogen-bond donors (Lipinski definition) is 1. The predicted molar refractivity (Wildman–Crippen MR) is 61.9 cm³/mol. The van der Waals surface area contributed by atoms with Crippen molar-refractivity contribution in [2.45, 2.75) is 32.0 Å². The lowest BCUT2D eigenvalue weighted by molar-refractivity contribution is -0.0968. The first kappa shape index (κ1) is 11.6. The molecule has 0 bridgehead atoms. The molecule has 2 unspecified atom stereocenters. The molecule has 1 N–H and O–H groups in total. The van der Waals surface area contributed by atoms with Crippen LogP contribution in [0.25, 0.3) is 0 Å². The van der Waals surface area contributed by atoms with Crippen molar-refractivity contribution in [3.63, 3.8) is 0 Å². The Morgan fingerprint density at radius 3 is 2.94 bits per heavy atom. The van der Waals surface area contributed by atoms with E-state index in [9.17, 15) is 4.39 Å². The first-order valence-corrected chi connectivity index (χ1v) is 5.71. The molecule has 2 nitrogen and oxygen atoms in total. The van der Waals surface area contributed by atoms with Gasteiger partial charge in [0.2, 0.25) is 0 Å². The van der Waals surface area contributed by atoms with Gasteiger partial charge in [-0.15, -0.1) is 0 Å². The molecule has 16 heavy (non-hydrogen) atoms. The lowest BCUT2D eigenvalue weighted by Gasteiger charge is -2.38. The largest absolute Gasteiger partial charge is 0.369 e. The first-order chi connectivity index (χ1) is 7.59. The lowest BCUT2D eigenvalue weighted by atomic mass is 9.94. The number of rotatable bonds is 2. The summed E-state index contributed by atoms with van der Waals surface area (Å²) >= 11 is 0. The maximum atomic E-state index is 13.5. The zero-order valence-corrected chi connectivity index (χ0v) is 9.79. The van der Waals surface area contributed by atoms with Crippen molar-refractivity contribution in [2.75, 3.05) is 13.1 Å². The minimum atomic E-state index is -0.306. The van der Waals surface area contributed by atoms with Crippen LogP contribution in [-0.2, 0) is 11.2 Å². The van der Waals surface area contributed by atoms with Gasteiger partial charge in [0.1, 0.15) is 5.82 Å². The molecular formula is C13H18FNO. The average Bonchev–Trinajstić information content (AvgIpc) is 2.21. The van der Waals surface area contributed by atoms with Gasteiger partial charge in [0.15, 0.2) is 0 Å². The quantitative estimate of drug-likeness (QED) is 0.829. The Morgan fingerprint density at radius 2 is 2.25 bits per heavy atom. The highest BCUT2D eigenvalue weighted by molar-refractivity contribution is 5.19. The van der Waals surface area contributed by atoms with Crippen LogP contribution in [0.5, 0.6) is 0 Å². The Kier molecular flexibility index (Phi) is 3.26. The number of benzene rings is 1. The highest BCUT2D eigenvalue weighted by Crippen LogP contribution is 2.23. The number of halogens is 1. The van der Waals surface area contributed by atoms with Gasteiger partial charge in [-0.05, 0) is 25.5 Å². The van der Waals surface area contributed by atoms with Gasteiger partial charge >= 0.3 is 0 Å². The normalized spacial score (nSPS) is 30.3. The molecule has 0 radical (unpaired) electrons. The monoisotopic (exact) mass is 223 g/mol. The van der Waals surface area contributed by atoms with E-state index >= 15 is 0 Å². The van der Waals surface area contributed by atoms with E-state index in [1.54, 1.807) is 6.07 Å². The van der Waals surface area contributed by atoms with E-state index in [2.05, 4.69) is 5.32 Å². The van der Waals surface area contributed by atoms with Gasteiger partial charge in [-0.1, -0.05) is 18.2 Å². The number of nitrogens with one attached hydrogen (secondary N) is 1. The summed E-state index contributed by atoms with van der Waals surface area (Å²) in [6.45, 7) is 5.70. The highest BCUT2D eigenvalue weighted by atomic mass is 19.1. The molecule has 2 atom stereocenters. The maximum absolute atomic E-state index is 13.5. The van der Waals surface area contributed by atoms with Gasteiger partial charge in [-0.3, -0.25) is 0 Å². The topological polar surface area (TPSA) is 21.3 Å². The molecule has 1 aromatic carbocycles. The summed E-state index contributed by atoms with van der Waals surface area (Å²) in [6.07, 6.45) is 0.794. The molecular weight excluding hydrogens is 205 g/mol. The summed E-state index contributed by atoms with van der Waals surface area (Å²) in [5.41, 5.74) is 0.417. The fourth-order valence-electron chi connectivity index (χ4n) is 2.26. The summed E-state index contributed by atoms with van der Waals surface area (Å²) in [4.78, 5) is 0. The van der Waals surface area contributed by atoms with Crippen LogP contribution < -0.4 is 5.32 Å². The fourth-order valence-corrected chi connectivity index (χ4v) is 2.26. The van der Waals surface area contributed by atoms with E-state index in [1.165, 1.54) is 6.07 Å². The van der Waals surface area contributed by atoms with Crippen molar-refractivity contribution in [3.05, 3.63) is 35.6 Å². The standard InChI is InChI=1S/C13H18FNO/c1-10-8-15-9-13(2,16-10)7-11-5-3-4-6-12(11)14/h3-6,10,15H,7-9H2,1-2H3. The summed E-state index contributed by atoms with van der Waals surface area (Å²) in [7, 11) is 0. The molecule has 3 heteroatoms. The fraction of sp³-hybridized carbons (Fsp3) is 0.538. The minimum absolute atomic E-state index is 0.148.